The number of carbonyl (C=O) groups excluding carboxylic acids is 1. The van der Waals surface area contributed by atoms with E-state index < -0.39 is 0 Å². The number of aromatic nitrogens is 1. The summed E-state index contributed by atoms with van der Waals surface area (Å²) < 4.78 is 12.6. The first kappa shape index (κ1) is 12.8. The van der Waals surface area contributed by atoms with E-state index in [0.717, 1.165) is 35.2 Å². The number of amides is 1. The number of fused-ring (bicyclic) bond motifs is 1. The number of carbonyl (C=O) groups is 1. The van der Waals surface area contributed by atoms with Crippen LogP contribution >= 0.6 is 0 Å². The second kappa shape index (κ2) is 4.74. The molecule has 0 spiro atoms. The minimum atomic E-state index is -0.0460. The molecule has 3 rings (SSSR count). The zero-order valence-corrected chi connectivity index (χ0v) is 11.9. The number of rotatable bonds is 4. The third-order valence-corrected chi connectivity index (χ3v) is 3.70. The molecule has 20 heavy (non-hydrogen) atoms. The fraction of sp³-hybridized carbons (Fsp3) is 0.400. The molecule has 106 valence electrons. The molecule has 1 N–H and O–H groups in total. The molecule has 0 unspecified atom stereocenters. The van der Waals surface area contributed by atoms with Gasteiger partial charge in [0.05, 0.1) is 19.7 Å². The molecule has 2 aromatic rings. The van der Waals surface area contributed by atoms with Gasteiger partial charge >= 0.3 is 0 Å². The van der Waals surface area contributed by atoms with Crippen molar-refractivity contribution in [1.29, 1.82) is 0 Å². The van der Waals surface area contributed by atoms with Crippen LogP contribution in [0.5, 0.6) is 11.5 Å². The quantitative estimate of drug-likeness (QED) is 0.928. The predicted molar refractivity (Wildman–Crippen MR) is 76.5 cm³/mol. The first-order valence-corrected chi connectivity index (χ1v) is 6.67. The molecule has 0 bridgehead atoms. The lowest BCUT2D eigenvalue weighted by Gasteiger charge is -2.09. The largest absolute Gasteiger partial charge is 0.496 e. The van der Waals surface area contributed by atoms with Crippen molar-refractivity contribution in [3.8, 4) is 11.5 Å². The maximum absolute atomic E-state index is 12.3. The van der Waals surface area contributed by atoms with E-state index in [0.29, 0.717) is 11.7 Å². The zero-order valence-electron chi connectivity index (χ0n) is 11.9. The van der Waals surface area contributed by atoms with Crippen molar-refractivity contribution in [1.82, 2.24) is 9.88 Å². The zero-order chi connectivity index (χ0) is 14.3. The van der Waals surface area contributed by atoms with Crippen LogP contribution in [-0.4, -0.2) is 30.7 Å². The number of hydrogen-bond acceptors (Lipinski definition) is 3. The molecule has 1 aromatic heterocycles. The molecule has 1 aliphatic rings. The number of methoxy groups -OCH3 is 2. The Kier molecular flexibility index (Phi) is 3.04. The van der Waals surface area contributed by atoms with E-state index in [1.807, 2.05) is 29.8 Å². The van der Waals surface area contributed by atoms with Gasteiger partial charge in [0, 0.05) is 18.5 Å². The van der Waals surface area contributed by atoms with Gasteiger partial charge in [0.25, 0.3) is 5.91 Å². The molecule has 0 radical (unpaired) electrons. The van der Waals surface area contributed by atoms with Gasteiger partial charge in [-0.1, -0.05) is 0 Å². The standard InChI is InChI=1S/C15H18N2O3/c1-17-11(15(18)16-9-4-5-9)8-10-12(19-2)6-7-13(20-3)14(10)17/h6-9H,4-5H2,1-3H3,(H,16,18). The van der Waals surface area contributed by atoms with Crippen molar-refractivity contribution < 1.29 is 14.3 Å². The van der Waals surface area contributed by atoms with Gasteiger partial charge in [0.15, 0.2) is 0 Å². The molecule has 1 aliphatic carbocycles. The molecule has 0 atom stereocenters. The lowest BCUT2D eigenvalue weighted by Crippen LogP contribution is -2.27. The van der Waals surface area contributed by atoms with Crippen molar-refractivity contribution in [3.05, 3.63) is 23.9 Å². The summed E-state index contributed by atoms with van der Waals surface area (Å²) in [6.45, 7) is 0. The first-order valence-electron chi connectivity index (χ1n) is 6.67. The third kappa shape index (κ3) is 1.99. The summed E-state index contributed by atoms with van der Waals surface area (Å²) in [4.78, 5) is 12.3. The Hall–Kier alpha value is -2.17. The van der Waals surface area contributed by atoms with Crippen LogP contribution in [0.1, 0.15) is 23.3 Å². The number of nitrogens with zero attached hydrogens (tertiary/aromatic N) is 1. The highest BCUT2D eigenvalue weighted by molar-refractivity contribution is 6.02. The van der Waals surface area contributed by atoms with Crippen LogP contribution in [0.15, 0.2) is 18.2 Å². The second-order valence-electron chi connectivity index (χ2n) is 5.07. The Morgan fingerprint density at radius 2 is 1.90 bits per heavy atom. The Morgan fingerprint density at radius 1 is 1.25 bits per heavy atom. The lowest BCUT2D eigenvalue weighted by molar-refractivity contribution is 0.0943. The van der Waals surface area contributed by atoms with E-state index in [1.54, 1.807) is 14.2 Å². The molecular formula is C15H18N2O3. The number of nitrogens with one attached hydrogen (secondary N) is 1. The summed E-state index contributed by atoms with van der Waals surface area (Å²) in [6, 6.07) is 5.89. The van der Waals surface area contributed by atoms with Crippen LogP contribution in [0.2, 0.25) is 0 Å². The maximum Gasteiger partial charge on any atom is 0.268 e. The average molecular weight is 274 g/mol. The molecule has 1 aromatic carbocycles. The van der Waals surface area contributed by atoms with Crippen LogP contribution < -0.4 is 14.8 Å². The molecular weight excluding hydrogens is 256 g/mol. The van der Waals surface area contributed by atoms with E-state index in [1.165, 1.54) is 0 Å². The van der Waals surface area contributed by atoms with Crippen molar-refractivity contribution in [3.63, 3.8) is 0 Å². The summed E-state index contributed by atoms with van der Waals surface area (Å²) in [6.07, 6.45) is 2.14. The summed E-state index contributed by atoms with van der Waals surface area (Å²) in [5.74, 6) is 1.42. The molecule has 1 amide bonds. The van der Waals surface area contributed by atoms with Crippen molar-refractivity contribution >= 4 is 16.8 Å². The van der Waals surface area contributed by atoms with Gasteiger partial charge in [-0.25, -0.2) is 0 Å². The van der Waals surface area contributed by atoms with E-state index in [2.05, 4.69) is 5.32 Å². The normalized spacial score (nSPS) is 14.3. The topological polar surface area (TPSA) is 52.5 Å². The first-order chi connectivity index (χ1) is 9.65. The van der Waals surface area contributed by atoms with Crippen LogP contribution in [0.3, 0.4) is 0 Å². The highest BCUT2D eigenvalue weighted by Gasteiger charge is 2.26. The third-order valence-electron chi connectivity index (χ3n) is 3.70. The van der Waals surface area contributed by atoms with E-state index >= 15 is 0 Å². The van der Waals surface area contributed by atoms with Crippen molar-refractivity contribution in [2.75, 3.05) is 14.2 Å². The monoisotopic (exact) mass is 274 g/mol. The van der Waals surface area contributed by atoms with Gasteiger partial charge in [0.1, 0.15) is 17.2 Å². The molecule has 0 aliphatic heterocycles. The minimum absolute atomic E-state index is 0.0460. The Labute approximate surface area is 117 Å². The SMILES string of the molecule is COc1ccc(OC)c2c1cc(C(=O)NC1CC1)n2C. The van der Waals surface area contributed by atoms with Gasteiger partial charge in [-0.15, -0.1) is 0 Å². The molecule has 5 nitrogen and oxygen atoms in total. The second-order valence-corrected chi connectivity index (χ2v) is 5.07. The highest BCUT2D eigenvalue weighted by atomic mass is 16.5. The van der Waals surface area contributed by atoms with Gasteiger partial charge in [-0.3, -0.25) is 4.79 Å². The van der Waals surface area contributed by atoms with Gasteiger partial charge in [0.2, 0.25) is 0 Å². The minimum Gasteiger partial charge on any atom is -0.496 e. The molecule has 1 saturated carbocycles. The smallest absolute Gasteiger partial charge is 0.268 e. The fourth-order valence-electron chi connectivity index (χ4n) is 2.46. The molecule has 0 saturated heterocycles. The van der Waals surface area contributed by atoms with Crippen molar-refractivity contribution in [2.45, 2.75) is 18.9 Å². The van der Waals surface area contributed by atoms with E-state index in [-0.39, 0.29) is 5.91 Å². The van der Waals surface area contributed by atoms with Gasteiger partial charge < -0.3 is 19.4 Å². The van der Waals surface area contributed by atoms with Crippen LogP contribution in [0.4, 0.5) is 0 Å². The highest BCUT2D eigenvalue weighted by Crippen LogP contribution is 2.35. The predicted octanol–water partition coefficient (Wildman–Crippen LogP) is 2.09. The van der Waals surface area contributed by atoms with Crippen LogP contribution in [0, 0.1) is 0 Å². The summed E-state index contributed by atoms with van der Waals surface area (Å²) in [7, 11) is 5.11. The Bertz CT molecular complexity index is 671. The summed E-state index contributed by atoms with van der Waals surface area (Å²) >= 11 is 0. The molecule has 5 heteroatoms. The van der Waals surface area contributed by atoms with E-state index in [9.17, 15) is 4.79 Å². The van der Waals surface area contributed by atoms with Crippen LogP contribution in [0.25, 0.3) is 10.9 Å². The van der Waals surface area contributed by atoms with Gasteiger partial charge in [-0.2, -0.15) is 0 Å². The number of hydrogen-bond donors (Lipinski definition) is 1. The van der Waals surface area contributed by atoms with Crippen LogP contribution in [-0.2, 0) is 7.05 Å². The summed E-state index contributed by atoms with van der Waals surface area (Å²) in [5, 5.41) is 3.89. The van der Waals surface area contributed by atoms with E-state index in [4.69, 9.17) is 9.47 Å². The molecule has 1 heterocycles. The maximum atomic E-state index is 12.3. The fourth-order valence-corrected chi connectivity index (χ4v) is 2.46. The Balaban J connectivity index is 2.13. The number of aryl methyl sites for hydroxylation is 1. The molecule has 1 fully saturated rings. The van der Waals surface area contributed by atoms with Crippen molar-refractivity contribution in [2.24, 2.45) is 7.05 Å². The average Bonchev–Trinajstić information content (AvgIpc) is 3.20. The van der Waals surface area contributed by atoms with Gasteiger partial charge in [-0.05, 0) is 31.0 Å². The lowest BCUT2D eigenvalue weighted by atomic mass is 10.2. The summed E-state index contributed by atoms with van der Waals surface area (Å²) in [5.41, 5.74) is 1.49. The number of ether oxygens (including phenoxy) is 2. The number of benzene rings is 1. The Morgan fingerprint density at radius 3 is 2.50 bits per heavy atom.